The van der Waals surface area contributed by atoms with Crippen LogP contribution in [0.25, 0.3) is 10.9 Å². The third kappa shape index (κ3) is 8.21. The number of hydrogen-bond acceptors (Lipinski definition) is 6. The molecular formula is C44H51N5O4Si. The molecule has 1 amide bonds. The molecule has 1 aliphatic rings. The number of nitrogens with one attached hydrogen (secondary N) is 2. The van der Waals surface area contributed by atoms with Gasteiger partial charge in [-0.3, -0.25) is 9.48 Å². The summed E-state index contributed by atoms with van der Waals surface area (Å²) in [5.41, 5.74) is 6.18. The minimum atomic E-state index is -2.04. The van der Waals surface area contributed by atoms with Gasteiger partial charge in [-0.1, -0.05) is 103 Å². The van der Waals surface area contributed by atoms with Crippen molar-refractivity contribution in [2.24, 2.45) is 5.92 Å². The predicted molar refractivity (Wildman–Crippen MR) is 217 cm³/mol. The number of aromatic nitrogens is 4. The Morgan fingerprint density at radius 3 is 2.54 bits per heavy atom. The van der Waals surface area contributed by atoms with Gasteiger partial charge < -0.3 is 24.9 Å². The van der Waals surface area contributed by atoms with Crippen molar-refractivity contribution in [1.82, 2.24) is 20.0 Å². The number of H-pyrrole nitrogens is 1. The summed E-state index contributed by atoms with van der Waals surface area (Å²) >= 11 is 0. The van der Waals surface area contributed by atoms with Crippen molar-refractivity contribution < 1.29 is 19.4 Å². The lowest BCUT2D eigenvalue weighted by molar-refractivity contribution is -0.115. The number of rotatable bonds is 15. The fourth-order valence-electron chi connectivity index (χ4n) is 8.58. The zero-order valence-electron chi connectivity index (χ0n) is 31.6. The van der Waals surface area contributed by atoms with Gasteiger partial charge in [0.05, 0.1) is 52.0 Å². The van der Waals surface area contributed by atoms with Crippen LogP contribution in [0, 0.1) is 5.92 Å². The van der Waals surface area contributed by atoms with E-state index >= 15 is 0 Å². The van der Waals surface area contributed by atoms with E-state index in [1.54, 1.807) is 7.11 Å². The summed E-state index contributed by atoms with van der Waals surface area (Å²) in [6, 6.07) is 34.9. The standard InChI is InChI=1S/C44H51N5O4Si/c1-30-41(22-17-31-11-10-14-34(25-31)46-43(51)26-33-27-45-39-16-9-8-15-37(33)39)53-42(44(30)54(3,4)36-20-18-35(52-2)19-21-36)23-24-49-28-40(47-48-49)38(29-50)32-12-6-5-7-13-32/h5-16,18-21,25,27-28,30,38,41-42,44-45,50H,17,22-24,26,29H2,1-4H3,(H,46,51)/t30-,38?,41+,42-,44+/m0/s1. The van der Waals surface area contributed by atoms with Gasteiger partial charge in [0.2, 0.25) is 5.91 Å². The number of para-hydroxylation sites is 1. The average Bonchev–Trinajstić information content (AvgIpc) is 3.91. The minimum Gasteiger partial charge on any atom is -0.497 e. The number of carbonyl (C=O) groups excluding carboxylic acids is 1. The van der Waals surface area contributed by atoms with Crippen molar-refractivity contribution in [3.05, 3.63) is 138 Å². The number of anilines is 1. The Hall–Kier alpha value is -5.03. The van der Waals surface area contributed by atoms with Gasteiger partial charge in [-0.15, -0.1) is 5.10 Å². The number of hydrogen-bond donors (Lipinski definition) is 3. The van der Waals surface area contributed by atoms with Crippen molar-refractivity contribution in [2.75, 3.05) is 19.0 Å². The molecule has 7 rings (SSSR count). The summed E-state index contributed by atoms with van der Waals surface area (Å²) in [7, 11) is -0.333. The molecule has 10 heteroatoms. The molecule has 280 valence electrons. The second-order valence-electron chi connectivity index (χ2n) is 15.2. The molecule has 0 saturated carbocycles. The first kappa shape index (κ1) is 37.3. The molecule has 3 N–H and O–H groups in total. The number of aromatic amines is 1. The summed E-state index contributed by atoms with van der Waals surface area (Å²) in [5, 5.41) is 24.8. The van der Waals surface area contributed by atoms with Gasteiger partial charge in [0.25, 0.3) is 0 Å². The highest BCUT2D eigenvalue weighted by Gasteiger charge is 2.50. The van der Waals surface area contributed by atoms with E-state index in [0.717, 1.165) is 58.4 Å². The Labute approximate surface area is 318 Å². The highest BCUT2D eigenvalue weighted by molar-refractivity contribution is 6.91. The number of benzene rings is 4. The molecule has 1 saturated heterocycles. The molecule has 2 aromatic heterocycles. The summed E-state index contributed by atoms with van der Waals surface area (Å²) < 4.78 is 14.4. The third-order valence-corrected chi connectivity index (χ3v) is 15.9. The lowest BCUT2D eigenvalue weighted by Gasteiger charge is -2.36. The van der Waals surface area contributed by atoms with Crippen molar-refractivity contribution in [3.63, 3.8) is 0 Å². The molecule has 4 aromatic carbocycles. The topological polar surface area (TPSA) is 114 Å². The van der Waals surface area contributed by atoms with Crippen molar-refractivity contribution in [2.45, 2.75) is 75.9 Å². The quantitative estimate of drug-likeness (QED) is 0.0941. The third-order valence-electron chi connectivity index (χ3n) is 11.5. The highest BCUT2D eigenvalue weighted by atomic mass is 28.3. The van der Waals surface area contributed by atoms with E-state index in [-0.39, 0.29) is 30.6 Å². The molecule has 54 heavy (non-hydrogen) atoms. The number of fused-ring (bicyclic) bond motifs is 1. The average molecular weight is 742 g/mol. The van der Waals surface area contributed by atoms with Crippen LogP contribution in [0.15, 0.2) is 116 Å². The van der Waals surface area contributed by atoms with Gasteiger partial charge in [0.15, 0.2) is 0 Å². The number of aryl methyl sites for hydroxylation is 2. The first-order valence-corrected chi connectivity index (χ1v) is 22.1. The van der Waals surface area contributed by atoms with E-state index in [0.29, 0.717) is 24.4 Å². The van der Waals surface area contributed by atoms with Gasteiger partial charge in [-0.05, 0) is 77.7 Å². The summed E-state index contributed by atoms with van der Waals surface area (Å²) in [5.74, 6) is 0.963. The highest BCUT2D eigenvalue weighted by Crippen LogP contribution is 2.46. The fraction of sp³-hybridized carbons (Fsp3) is 0.341. The van der Waals surface area contributed by atoms with E-state index in [4.69, 9.17) is 9.47 Å². The Bertz CT molecular complexity index is 2150. The fourth-order valence-corrected chi connectivity index (χ4v) is 12.7. The first-order valence-electron chi connectivity index (χ1n) is 19.0. The molecule has 9 nitrogen and oxygen atoms in total. The monoisotopic (exact) mass is 741 g/mol. The SMILES string of the molecule is COc1ccc([Si](C)(C)[C@@H]2[C@@H](C)[C@@H](CCc3cccc(NC(=O)Cc4c[nH]c5ccccc45)c3)O[C@H]2CCn2cc(C(CO)c3ccccc3)nn2)cc1. The number of ether oxygens (including phenoxy) is 2. The number of aliphatic hydroxyl groups excluding tert-OH is 1. The van der Waals surface area contributed by atoms with Gasteiger partial charge in [-0.2, -0.15) is 0 Å². The Morgan fingerprint density at radius 1 is 0.981 bits per heavy atom. The van der Waals surface area contributed by atoms with E-state index < -0.39 is 8.07 Å². The van der Waals surface area contributed by atoms with Crippen LogP contribution >= 0.6 is 0 Å². The summed E-state index contributed by atoms with van der Waals surface area (Å²) in [4.78, 5) is 16.3. The van der Waals surface area contributed by atoms with E-state index in [9.17, 15) is 9.90 Å². The van der Waals surface area contributed by atoms with Crippen molar-refractivity contribution in [1.29, 1.82) is 0 Å². The number of nitrogens with zero attached hydrogens (tertiary/aromatic N) is 3. The van der Waals surface area contributed by atoms with E-state index in [2.05, 4.69) is 77.0 Å². The van der Waals surface area contributed by atoms with Crippen molar-refractivity contribution >= 4 is 35.8 Å². The largest absolute Gasteiger partial charge is 0.497 e. The molecule has 5 atom stereocenters. The van der Waals surface area contributed by atoms with Crippen LogP contribution in [0.4, 0.5) is 5.69 Å². The summed E-state index contributed by atoms with van der Waals surface area (Å²) in [6.07, 6.45) is 6.89. The van der Waals surface area contributed by atoms with Gasteiger partial charge in [0.1, 0.15) is 5.75 Å². The van der Waals surface area contributed by atoms with Gasteiger partial charge >= 0.3 is 0 Å². The van der Waals surface area contributed by atoms with Crippen LogP contribution in [-0.4, -0.2) is 65.0 Å². The maximum atomic E-state index is 13.1. The van der Waals surface area contributed by atoms with Crippen LogP contribution in [-0.2, 0) is 28.9 Å². The minimum absolute atomic E-state index is 0.0301. The second kappa shape index (κ2) is 16.5. The predicted octanol–water partition coefficient (Wildman–Crippen LogP) is 7.49. The molecule has 1 unspecified atom stereocenters. The molecule has 0 bridgehead atoms. The first-order chi connectivity index (χ1) is 26.2. The van der Waals surface area contributed by atoms with Gasteiger partial charge in [-0.25, -0.2) is 0 Å². The number of carbonyl (C=O) groups is 1. The maximum Gasteiger partial charge on any atom is 0.228 e. The molecule has 0 aliphatic carbocycles. The Kier molecular flexibility index (Phi) is 11.4. The van der Waals surface area contributed by atoms with E-state index in [1.165, 1.54) is 10.8 Å². The number of amides is 1. The lowest BCUT2D eigenvalue weighted by atomic mass is 9.95. The van der Waals surface area contributed by atoms with Crippen molar-refractivity contribution in [3.8, 4) is 5.75 Å². The lowest BCUT2D eigenvalue weighted by Crippen LogP contribution is -2.50. The van der Waals surface area contributed by atoms with Crippen LogP contribution in [0.3, 0.4) is 0 Å². The molecule has 1 aliphatic heterocycles. The molecule has 6 aromatic rings. The Balaban J connectivity index is 1.04. The number of methoxy groups -OCH3 is 1. The van der Waals surface area contributed by atoms with Gasteiger partial charge in [0, 0.05) is 35.5 Å². The molecule has 0 spiro atoms. The van der Waals surface area contributed by atoms with E-state index in [1.807, 2.05) is 83.8 Å². The number of aliphatic hydroxyl groups is 1. The molecule has 1 fully saturated rings. The molecule has 3 heterocycles. The van der Waals surface area contributed by atoms with Crippen LogP contribution in [0.5, 0.6) is 5.75 Å². The Morgan fingerprint density at radius 2 is 1.76 bits per heavy atom. The van der Waals surface area contributed by atoms with Crippen LogP contribution < -0.4 is 15.2 Å². The molecular weight excluding hydrogens is 691 g/mol. The zero-order valence-corrected chi connectivity index (χ0v) is 32.6. The molecule has 0 radical (unpaired) electrons. The van der Waals surface area contributed by atoms with Crippen LogP contribution in [0.1, 0.15) is 48.1 Å². The smallest absolute Gasteiger partial charge is 0.228 e. The maximum absolute atomic E-state index is 13.1. The summed E-state index contributed by atoms with van der Waals surface area (Å²) in [6.45, 7) is 7.95. The second-order valence-corrected chi connectivity index (χ2v) is 19.9. The van der Waals surface area contributed by atoms with Crippen LogP contribution in [0.2, 0.25) is 18.6 Å². The zero-order chi connectivity index (χ0) is 37.7. The normalized spacial score (nSPS) is 19.2.